The van der Waals surface area contributed by atoms with E-state index in [0.717, 1.165) is 16.8 Å². The van der Waals surface area contributed by atoms with E-state index in [4.69, 9.17) is 5.73 Å². The molecule has 0 amide bonds. The quantitative estimate of drug-likeness (QED) is 0.511. The normalized spacial score (nSPS) is 12.5. The maximum atomic E-state index is 6.01. The second-order valence-corrected chi connectivity index (χ2v) is 4.35. The molecule has 3 heteroatoms. The van der Waals surface area contributed by atoms with E-state index in [1.54, 1.807) is 0 Å². The van der Waals surface area contributed by atoms with E-state index in [1.165, 1.54) is 0 Å². The summed E-state index contributed by atoms with van der Waals surface area (Å²) >= 11 is 2.18. The van der Waals surface area contributed by atoms with Crippen LogP contribution in [0, 0.1) is 0 Å². The van der Waals surface area contributed by atoms with Crippen LogP contribution in [0.4, 0.5) is 0 Å². The molecule has 0 saturated heterocycles. The molecule has 18 heavy (non-hydrogen) atoms. The smallest absolute Gasteiger partial charge is 0.131 e. The van der Waals surface area contributed by atoms with Gasteiger partial charge in [-0.2, -0.15) is 0 Å². The van der Waals surface area contributed by atoms with Crippen LogP contribution in [0.1, 0.15) is 11.1 Å². The molecule has 0 radical (unpaired) electrons. The molecule has 0 atom stereocenters. The van der Waals surface area contributed by atoms with Crippen LogP contribution in [0.5, 0.6) is 0 Å². The standard InChI is InChI=1S/C15H13IN2/c16-11-14(12-7-3-1-4-8-12)18-15(17)13-9-5-2-6-10-13/h1-11H,(H2,17,18)/b14-11-. The van der Waals surface area contributed by atoms with Gasteiger partial charge in [-0.15, -0.1) is 0 Å². The van der Waals surface area contributed by atoms with Crippen LogP contribution in [-0.4, -0.2) is 5.84 Å². The second kappa shape index (κ2) is 6.35. The first-order valence-corrected chi connectivity index (χ1v) is 6.81. The van der Waals surface area contributed by atoms with Gasteiger partial charge in [0.05, 0.1) is 5.70 Å². The summed E-state index contributed by atoms with van der Waals surface area (Å²) in [5, 5.41) is 0. The number of hydrogen-bond donors (Lipinski definition) is 1. The molecule has 0 aliphatic heterocycles. The summed E-state index contributed by atoms with van der Waals surface area (Å²) in [6.07, 6.45) is 0. The zero-order chi connectivity index (χ0) is 12.8. The highest BCUT2D eigenvalue weighted by molar-refractivity contribution is 14.1. The average Bonchev–Trinajstić information content (AvgIpc) is 2.46. The van der Waals surface area contributed by atoms with Crippen LogP contribution in [0.15, 0.2) is 69.7 Å². The fourth-order valence-electron chi connectivity index (χ4n) is 1.56. The minimum Gasteiger partial charge on any atom is -0.383 e. The largest absolute Gasteiger partial charge is 0.383 e. The average molecular weight is 348 g/mol. The number of nitrogens with zero attached hydrogens (tertiary/aromatic N) is 1. The van der Waals surface area contributed by atoms with Gasteiger partial charge in [-0.3, -0.25) is 0 Å². The van der Waals surface area contributed by atoms with E-state index in [9.17, 15) is 0 Å². The summed E-state index contributed by atoms with van der Waals surface area (Å²) in [6.45, 7) is 0. The minimum absolute atomic E-state index is 0.530. The Labute approximate surface area is 120 Å². The summed E-state index contributed by atoms with van der Waals surface area (Å²) in [4.78, 5) is 4.48. The fraction of sp³-hybridized carbons (Fsp3) is 0. The van der Waals surface area contributed by atoms with Gasteiger partial charge in [0.2, 0.25) is 0 Å². The van der Waals surface area contributed by atoms with Gasteiger partial charge >= 0.3 is 0 Å². The van der Waals surface area contributed by atoms with Crippen LogP contribution < -0.4 is 5.73 Å². The fourth-order valence-corrected chi connectivity index (χ4v) is 2.06. The number of amidine groups is 1. The molecule has 2 aromatic carbocycles. The molecular formula is C15H13IN2. The molecule has 90 valence electrons. The highest BCUT2D eigenvalue weighted by atomic mass is 127. The van der Waals surface area contributed by atoms with Crippen LogP contribution in [0.25, 0.3) is 5.70 Å². The summed E-state index contributed by atoms with van der Waals surface area (Å²) in [5.41, 5.74) is 8.88. The van der Waals surface area contributed by atoms with Gasteiger partial charge in [-0.05, 0) is 0 Å². The van der Waals surface area contributed by atoms with Crippen LogP contribution in [-0.2, 0) is 0 Å². The molecule has 0 aromatic heterocycles. The second-order valence-electron chi connectivity index (χ2n) is 3.72. The van der Waals surface area contributed by atoms with Crippen LogP contribution in [0.3, 0.4) is 0 Å². The summed E-state index contributed by atoms with van der Waals surface area (Å²) in [7, 11) is 0. The van der Waals surface area contributed by atoms with Crippen LogP contribution >= 0.6 is 22.6 Å². The van der Waals surface area contributed by atoms with E-state index >= 15 is 0 Å². The Morgan fingerprint density at radius 3 is 1.89 bits per heavy atom. The first-order valence-electron chi connectivity index (χ1n) is 5.56. The molecule has 0 heterocycles. The number of nitrogens with two attached hydrogens (primary N) is 1. The van der Waals surface area contributed by atoms with Gasteiger partial charge in [0, 0.05) is 15.2 Å². The first-order chi connectivity index (χ1) is 8.81. The van der Waals surface area contributed by atoms with Crippen molar-refractivity contribution in [2.24, 2.45) is 10.7 Å². The van der Waals surface area contributed by atoms with Crippen molar-refractivity contribution < 1.29 is 0 Å². The summed E-state index contributed by atoms with van der Waals surface area (Å²) in [5.74, 6) is 0.530. The lowest BCUT2D eigenvalue weighted by molar-refractivity contribution is 1.46. The van der Waals surface area contributed by atoms with E-state index in [-0.39, 0.29) is 0 Å². The predicted molar refractivity (Wildman–Crippen MR) is 85.6 cm³/mol. The molecule has 0 saturated carbocycles. The number of rotatable bonds is 3. The van der Waals surface area contributed by atoms with Crippen molar-refractivity contribution in [1.29, 1.82) is 0 Å². The Morgan fingerprint density at radius 2 is 1.39 bits per heavy atom. The van der Waals surface area contributed by atoms with Gasteiger partial charge in [0.15, 0.2) is 0 Å². The van der Waals surface area contributed by atoms with Gasteiger partial charge in [-0.1, -0.05) is 83.3 Å². The van der Waals surface area contributed by atoms with Gasteiger partial charge in [-0.25, -0.2) is 4.99 Å². The van der Waals surface area contributed by atoms with Crippen molar-refractivity contribution in [1.82, 2.24) is 0 Å². The highest BCUT2D eigenvalue weighted by Gasteiger charge is 2.01. The lowest BCUT2D eigenvalue weighted by Gasteiger charge is -2.04. The van der Waals surface area contributed by atoms with Crippen LogP contribution in [0.2, 0.25) is 0 Å². The SMILES string of the molecule is NC(=N/C(=C\I)c1ccccc1)c1ccccc1. The van der Waals surface area contributed by atoms with E-state index in [1.807, 2.05) is 64.7 Å². The molecule has 0 unspecified atom stereocenters. The Hall–Kier alpha value is -1.62. The van der Waals surface area contributed by atoms with Crippen molar-refractivity contribution in [3.8, 4) is 0 Å². The number of aliphatic imine (C=N–C) groups is 1. The monoisotopic (exact) mass is 348 g/mol. The topological polar surface area (TPSA) is 38.4 Å². The molecule has 2 rings (SSSR count). The van der Waals surface area contributed by atoms with Crippen molar-refractivity contribution in [2.75, 3.05) is 0 Å². The molecule has 0 aliphatic carbocycles. The van der Waals surface area contributed by atoms with Gasteiger partial charge in [0.1, 0.15) is 5.84 Å². The number of halogens is 1. The minimum atomic E-state index is 0.530. The lowest BCUT2D eigenvalue weighted by atomic mass is 10.1. The van der Waals surface area contributed by atoms with E-state index in [0.29, 0.717) is 5.84 Å². The van der Waals surface area contributed by atoms with Gasteiger partial charge < -0.3 is 5.73 Å². The third-order valence-electron chi connectivity index (χ3n) is 2.48. The Balaban J connectivity index is 2.32. The third-order valence-corrected chi connectivity index (χ3v) is 3.07. The Kier molecular flexibility index (Phi) is 4.52. The molecule has 0 bridgehead atoms. The Bertz CT molecular complexity index is 560. The Morgan fingerprint density at radius 1 is 0.889 bits per heavy atom. The molecule has 0 fully saturated rings. The van der Waals surface area contributed by atoms with Crippen molar-refractivity contribution in [3.05, 3.63) is 75.9 Å². The van der Waals surface area contributed by atoms with E-state index in [2.05, 4.69) is 27.6 Å². The van der Waals surface area contributed by atoms with Crippen molar-refractivity contribution in [2.45, 2.75) is 0 Å². The molecule has 2 aromatic rings. The molecule has 2 N–H and O–H groups in total. The predicted octanol–water partition coefficient (Wildman–Crippen LogP) is 3.83. The van der Waals surface area contributed by atoms with Crippen molar-refractivity contribution in [3.63, 3.8) is 0 Å². The zero-order valence-corrected chi connectivity index (χ0v) is 11.9. The first kappa shape index (κ1) is 12.8. The molecule has 0 aliphatic rings. The zero-order valence-electron chi connectivity index (χ0n) is 9.75. The summed E-state index contributed by atoms with van der Waals surface area (Å²) in [6, 6.07) is 19.8. The van der Waals surface area contributed by atoms with E-state index < -0.39 is 0 Å². The van der Waals surface area contributed by atoms with Crippen molar-refractivity contribution >= 4 is 34.1 Å². The lowest BCUT2D eigenvalue weighted by Crippen LogP contribution is -2.13. The van der Waals surface area contributed by atoms with Gasteiger partial charge in [0.25, 0.3) is 0 Å². The molecular weight excluding hydrogens is 335 g/mol. The maximum Gasteiger partial charge on any atom is 0.131 e. The number of benzene rings is 2. The highest BCUT2D eigenvalue weighted by Crippen LogP contribution is 2.18. The molecule has 0 spiro atoms. The maximum absolute atomic E-state index is 6.01. The number of hydrogen-bond acceptors (Lipinski definition) is 1. The molecule has 2 nitrogen and oxygen atoms in total. The summed E-state index contributed by atoms with van der Waals surface area (Å²) < 4.78 is 1.93. The third kappa shape index (κ3) is 3.20.